The Hall–Kier alpha value is -4.28. The Bertz CT molecular complexity index is 1330. The molecule has 1 amide bonds. The quantitative estimate of drug-likeness (QED) is 0.385. The molecule has 3 heterocycles. The summed E-state index contributed by atoms with van der Waals surface area (Å²) >= 11 is 0. The molecule has 0 saturated heterocycles. The number of nitrogens with zero attached hydrogens (tertiary/aromatic N) is 2. The summed E-state index contributed by atoms with van der Waals surface area (Å²) < 4.78 is 34.4. The first-order valence-corrected chi connectivity index (χ1v) is 9.04. The molecule has 0 bridgehead atoms. The summed E-state index contributed by atoms with van der Waals surface area (Å²) in [7, 11) is 1.48. The predicted molar refractivity (Wildman–Crippen MR) is 109 cm³/mol. The maximum absolute atomic E-state index is 14.6. The maximum Gasteiger partial charge on any atom is 0.261 e. The highest BCUT2D eigenvalue weighted by Crippen LogP contribution is 2.37. The summed E-state index contributed by atoms with van der Waals surface area (Å²) in [6, 6.07) is 6.43. The summed E-state index contributed by atoms with van der Waals surface area (Å²) in [5.74, 6) is -1.82. The number of H-pyrrole nitrogens is 2. The molecule has 4 aromatic rings. The third-order valence-corrected chi connectivity index (χ3v) is 4.61. The van der Waals surface area contributed by atoms with Crippen molar-refractivity contribution in [2.24, 2.45) is 0 Å². The average molecular weight is 426 g/mol. The molecule has 0 aliphatic carbocycles. The number of benzene rings is 1. The van der Waals surface area contributed by atoms with E-state index in [2.05, 4.69) is 25.5 Å². The van der Waals surface area contributed by atoms with E-state index >= 15 is 0 Å². The highest BCUT2D eigenvalue weighted by atomic mass is 19.1. The number of nitrogens with two attached hydrogens (primary N) is 1. The Morgan fingerprint density at radius 1 is 1.19 bits per heavy atom. The number of nitrogen functional groups attached to an aromatic ring is 1. The standard InChI is InChI=1S/C20H16F2N6O3/c1-24-13(29)8-31-9-5-6-12(25-7-9)15-17(14-10(21)3-2-4-11(14)22)26-20(30)16-18(15)27-28-19(16)23/h2-7H,8H2,1H3,(H,24,29)(H,26,30)(H3,23,27,28). The van der Waals surface area contributed by atoms with E-state index in [0.29, 0.717) is 5.75 Å². The number of hydrogen-bond donors (Lipinski definition) is 4. The van der Waals surface area contributed by atoms with Gasteiger partial charge in [-0.25, -0.2) is 8.78 Å². The maximum atomic E-state index is 14.6. The zero-order chi connectivity index (χ0) is 22.1. The number of likely N-dealkylation sites (N-methyl/N-ethyl adjacent to an activating group) is 1. The van der Waals surface area contributed by atoms with Crippen LogP contribution >= 0.6 is 0 Å². The predicted octanol–water partition coefficient (Wildman–Crippen LogP) is 1.97. The molecule has 4 rings (SSSR count). The van der Waals surface area contributed by atoms with Gasteiger partial charge in [0.2, 0.25) is 0 Å². The Balaban J connectivity index is 1.91. The summed E-state index contributed by atoms with van der Waals surface area (Å²) in [6.45, 7) is -0.205. The number of rotatable bonds is 5. The number of halogens is 2. The van der Waals surface area contributed by atoms with E-state index in [0.717, 1.165) is 12.1 Å². The fraction of sp³-hybridized carbons (Fsp3) is 0.100. The van der Waals surface area contributed by atoms with Gasteiger partial charge in [0.05, 0.1) is 34.2 Å². The molecule has 11 heteroatoms. The van der Waals surface area contributed by atoms with Gasteiger partial charge >= 0.3 is 0 Å². The molecular weight excluding hydrogens is 410 g/mol. The molecule has 158 valence electrons. The molecule has 31 heavy (non-hydrogen) atoms. The number of carbonyl (C=O) groups is 1. The average Bonchev–Trinajstić information content (AvgIpc) is 3.14. The van der Waals surface area contributed by atoms with Crippen LogP contribution in [0.2, 0.25) is 0 Å². The van der Waals surface area contributed by atoms with Gasteiger partial charge in [0, 0.05) is 7.05 Å². The normalized spacial score (nSPS) is 10.9. The highest BCUT2D eigenvalue weighted by molar-refractivity contribution is 6.02. The van der Waals surface area contributed by atoms with Crippen molar-refractivity contribution in [2.75, 3.05) is 19.4 Å². The zero-order valence-electron chi connectivity index (χ0n) is 16.1. The van der Waals surface area contributed by atoms with Gasteiger partial charge in [0.15, 0.2) is 12.4 Å². The van der Waals surface area contributed by atoms with Crippen LogP contribution in [0.25, 0.3) is 33.4 Å². The van der Waals surface area contributed by atoms with Gasteiger partial charge in [-0.15, -0.1) is 0 Å². The number of ether oxygens (including phenoxy) is 1. The Morgan fingerprint density at radius 2 is 1.94 bits per heavy atom. The smallest absolute Gasteiger partial charge is 0.261 e. The first kappa shape index (κ1) is 20.0. The van der Waals surface area contributed by atoms with E-state index in [9.17, 15) is 18.4 Å². The lowest BCUT2D eigenvalue weighted by atomic mass is 9.99. The van der Waals surface area contributed by atoms with Crippen LogP contribution in [0.3, 0.4) is 0 Å². The van der Waals surface area contributed by atoms with Crippen LogP contribution in [0.15, 0.2) is 41.3 Å². The first-order valence-electron chi connectivity index (χ1n) is 9.04. The van der Waals surface area contributed by atoms with E-state index in [4.69, 9.17) is 10.5 Å². The molecule has 0 unspecified atom stereocenters. The SMILES string of the molecule is CNC(=O)COc1ccc(-c2c(-c3c(F)cccc3F)[nH]c(=O)c3c(N)n[nH]c23)nc1. The van der Waals surface area contributed by atoms with Gasteiger partial charge in [0.1, 0.15) is 22.8 Å². The number of hydrogen-bond acceptors (Lipinski definition) is 6. The summed E-state index contributed by atoms with van der Waals surface area (Å²) in [6.07, 6.45) is 1.34. The molecule has 0 saturated carbocycles. The second-order valence-corrected chi connectivity index (χ2v) is 6.50. The second kappa shape index (κ2) is 7.86. The molecule has 1 aromatic carbocycles. The van der Waals surface area contributed by atoms with Crippen molar-refractivity contribution in [1.29, 1.82) is 0 Å². The summed E-state index contributed by atoms with van der Waals surface area (Å²) in [5, 5.41) is 8.95. The lowest BCUT2D eigenvalue weighted by Crippen LogP contribution is -2.24. The van der Waals surface area contributed by atoms with E-state index in [1.165, 1.54) is 31.4 Å². The number of fused-ring (bicyclic) bond motifs is 1. The Kier molecular flexibility index (Phi) is 5.07. The minimum Gasteiger partial charge on any atom is -0.482 e. The molecule has 0 atom stereocenters. The van der Waals surface area contributed by atoms with E-state index < -0.39 is 22.8 Å². The fourth-order valence-corrected chi connectivity index (χ4v) is 3.15. The largest absolute Gasteiger partial charge is 0.482 e. The third kappa shape index (κ3) is 3.56. The van der Waals surface area contributed by atoms with Crippen molar-refractivity contribution in [2.45, 2.75) is 0 Å². The summed E-state index contributed by atoms with van der Waals surface area (Å²) in [5.41, 5.74) is 5.21. The van der Waals surface area contributed by atoms with Gasteiger partial charge in [-0.2, -0.15) is 5.10 Å². The van der Waals surface area contributed by atoms with Gasteiger partial charge in [-0.1, -0.05) is 6.07 Å². The first-order chi connectivity index (χ1) is 14.9. The molecular formula is C20H16F2N6O3. The molecule has 0 aliphatic heterocycles. The molecule has 0 aliphatic rings. The topological polar surface area (TPSA) is 139 Å². The van der Waals surface area contributed by atoms with Gasteiger partial charge in [-0.3, -0.25) is 19.7 Å². The van der Waals surface area contributed by atoms with E-state index in [1.807, 2.05) is 0 Å². The number of aromatic nitrogens is 4. The van der Waals surface area contributed by atoms with Crippen LogP contribution in [0.1, 0.15) is 0 Å². The zero-order valence-corrected chi connectivity index (χ0v) is 16.1. The van der Waals surface area contributed by atoms with Crippen LogP contribution in [0.4, 0.5) is 14.6 Å². The van der Waals surface area contributed by atoms with Crippen molar-refractivity contribution in [3.8, 4) is 28.3 Å². The number of aromatic amines is 2. The van der Waals surface area contributed by atoms with E-state index in [1.54, 1.807) is 0 Å². The highest BCUT2D eigenvalue weighted by Gasteiger charge is 2.23. The van der Waals surface area contributed by atoms with Crippen molar-refractivity contribution in [3.05, 3.63) is 58.5 Å². The van der Waals surface area contributed by atoms with Gasteiger partial charge in [-0.05, 0) is 24.3 Å². The van der Waals surface area contributed by atoms with Crippen LogP contribution < -0.4 is 21.3 Å². The molecule has 9 nitrogen and oxygen atoms in total. The molecule has 0 spiro atoms. The van der Waals surface area contributed by atoms with Crippen LogP contribution in [0.5, 0.6) is 5.75 Å². The van der Waals surface area contributed by atoms with Crippen molar-refractivity contribution in [1.82, 2.24) is 25.5 Å². The Labute approximate surface area is 173 Å². The summed E-state index contributed by atoms with van der Waals surface area (Å²) in [4.78, 5) is 30.7. The third-order valence-electron chi connectivity index (χ3n) is 4.61. The Morgan fingerprint density at radius 3 is 2.58 bits per heavy atom. The number of carbonyl (C=O) groups excluding carboxylic acids is 1. The number of pyridine rings is 2. The number of nitrogens with one attached hydrogen (secondary N) is 3. The van der Waals surface area contributed by atoms with Crippen LogP contribution in [-0.4, -0.2) is 39.7 Å². The molecule has 0 radical (unpaired) electrons. The molecule has 3 aromatic heterocycles. The molecule has 0 fully saturated rings. The van der Waals surface area contributed by atoms with Gasteiger partial charge in [0.25, 0.3) is 11.5 Å². The minimum absolute atomic E-state index is 0.0391. The second-order valence-electron chi connectivity index (χ2n) is 6.50. The van der Waals surface area contributed by atoms with Gasteiger partial charge < -0.3 is 20.8 Å². The minimum atomic E-state index is -0.866. The monoisotopic (exact) mass is 426 g/mol. The van der Waals surface area contributed by atoms with E-state index in [-0.39, 0.29) is 46.2 Å². The van der Waals surface area contributed by atoms with Crippen molar-refractivity contribution in [3.63, 3.8) is 0 Å². The lowest BCUT2D eigenvalue weighted by Gasteiger charge is -2.13. The van der Waals surface area contributed by atoms with Crippen molar-refractivity contribution < 1.29 is 18.3 Å². The number of amides is 1. The lowest BCUT2D eigenvalue weighted by molar-refractivity contribution is -0.122. The van der Waals surface area contributed by atoms with Crippen LogP contribution in [0, 0.1) is 11.6 Å². The fourth-order valence-electron chi connectivity index (χ4n) is 3.15. The molecule has 5 N–H and O–H groups in total. The number of anilines is 1. The van der Waals surface area contributed by atoms with Crippen molar-refractivity contribution >= 4 is 22.6 Å². The van der Waals surface area contributed by atoms with Crippen LogP contribution in [-0.2, 0) is 4.79 Å².